The molecule has 0 radical (unpaired) electrons. The molecule has 4 heterocycles. The molecule has 118 valence electrons. The third-order valence-corrected chi connectivity index (χ3v) is 4.13. The summed E-state index contributed by atoms with van der Waals surface area (Å²) in [6.07, 6.45) is 1.13. The van der Waals surface area contributed by atoms with Crippen molar-refractivity contribution < 1.29 is 0 Å². The van der Waals surface area contributed by atoms with Crippen molar-refractivity contribution >= 4 is 17.3 Å². The Morgan fingerprint density at radius 3 is 3.13 bits per heavy atom. The van der Waals surface area contributed by atoms with Crippen molar-refractivity contribution in [1.29, 1.82) is 0 Å². The van der Waals surface area contributed by atoms with Crippen LogP contribution >= 0.6 is 0 Å². The highest BCUT2D eigenvalue weighted by molar-refractivity contribution is 5.45. The van der Waals surface area contributed by atoms with Gasteiger partial charge in [0.1, 0.15) is 5.82 Å². The van der Waals surface area contributed by atoms with Crippen LogP contribution in [0.3, 0.4) is 0 Å². The molecule has 1 saturated heterocycles. The number of nitrogens with one attached hydrogen (secondary N) is 1. The number of hydrogen-bond donors (Lipinski definition) is 1. The van der Waals surface area contributed by atoms with Crippen LogP contribution in [-0.4, -0.2) is 49.9 Å². The molecular weight excluding hydrogens is 292 g/mol. The normalized spacial score (nSPS) is 17.8. The Hall–Kier alpha value is -2.77. The molecule has 4 rings (SSSR count). The van der Waals surface area contributed by atoms with Gasteiger partial charge in [-0.15, -0.1) is 14.8 Å². The van der Waals surface area contributed by atoms with Crippen LogP contribution in [0.2, 0.25) is 0 Å². The zero-order valence-electron chi connectivity index (χ0n) is 12.9. The van der Waals surface area contributed by atoms with Crippen LogP contribution in [0.4, 0.5) is 11.6 Å². The average Bonchev–Trinajstić information content (AvgIpc) is 3.21. The van der Waals surface area contributed by atoms with Gasteiger partial charge < -0.3 is 10.2 Å². The first kappa shape index (κ1) is 13.9. The van der Waals surface area contributed by atoms with E-state index in [-0.39, 0.29) is 0 Å². The minimum atomic E-state index is 0.573. The maximum absolute atomic E-state index is 4.48. The first-order chi connectivity index (χ1) is 11.3. The molecule has 0 aliphatic carbocycles. The minimum Gasteiger partial charge on any atom is -0.370 e. The highest BCUT2D eigenvalue weighted by Gasteiger charge is 2.24. The SMILES string of the molecule is Cc1cccc(NC[C@@H]2CCN(c3ccc4nnnn4n3)C2)n1. The lowest BCUT2D eigenvalue weighted by atomic mass is 10.1. The number of anilines is 2. The molecule has 1 atom stereocenters. The Morgan fingerprint density at radius 1 is 1.26 bits per heavy atom. The van der Waals surface area contributed by atoms with Crippen LogP contribution in [0.25, 0.3) is 5.65 Å². The van der Waals surface area contributed by atoms with Crippen molar-refractivity contribution in [2.24, 2.45) is 5.92 Å². The van der Waals surface area contributed by atoms with Crippen LogP contribution in [0, 0.1) is 12.8 Å². The average molecular weight is 310 g/mol. The Labute approximate surface area is 133 Å². The van der Waals surface area contributed by atoms with Crippen LogP contribution in [0.5, 0.6) is 0 Å². The first-order valence-electron chi connectivity index (χ1n) is 7.76. The number of rotatable bonds is 4. The smallest absolute Gasteiger partial charge is 0.200 e. The maximum atomic E-state index is 4.48. The molecule has 1 aliphatic heterocycles. The third-order valence-electron chi connectivity index (χ3n) is 4.13. The molecule has 0 aromatic carbocycles. The van der Waals surface area contributed by atoms with Gasteiger partial charge in [0.05, 0.1) is 0 Å². The fourth-order valence-electron chi connectivity index (χ4n) is 2.91. The number of tetrazole rings is 1. The lowest BCUT2D eigenvalue weighted by molar-refractivity contribution is 0.619. The number of nitrogens with zero attached hydrogens (tertiary/aromatic N) is 7. The molecule has 1 aliphatic rings. The first-order valence-corrected chi connectivity index (χ1v) is 7.76. The van der Waals surface area contributed by atoms with Gasteiger partial charge in [-0.2, -0.15) is 0 Å². The van der Waals surface area contributed by atoms with E-state index in [0.29, 0.717) is 11.6 Å². The second kappa shape index (κ2) is 5.79. The Morgan fingerprint density at radius 2 is 2.22 bits per heavy atom. The number of aromatic nitrogens is 6. The van der Waals surface area contributed by atoms with Gasteiger partial charge in [-0.1, -0.05) is 6.07 Å². The summed E-state index contributed by atoms with van der Waals surface area (Å²) < 4.78 is 1.47. The summed E-state index contributed by atoms with van der Waals surface area (Å²) in [5.74, 6) is 2.43. The van der Waals surface area contributed by atoms with E-state index in [1.807, 2.05) is 37.3 Å². The molecule has 0 unspecified atom stereocenters. The van der Waals surface area contributed by atoms with Crippen molar-refractivity contribution in [3.8, 4) is 0 Å². The predicted octanol–water partition coefficient (Wildman–Crippen LogP) is 1.16. The van der Waals surface area contributed by atoms with Gasteiger partial charge >= 0.3 is 0 Å². The van der Waals surface area contributed by atoms with Gasteiger partial charge in [0.15, 0.2) is 11.5 Å². The zero-order chi connectivity index (χ0) is 15.6. The number of pyridine rings is 1. The van der Waals surface area contributed by atoms with Crippen LogP contribution in [-0.2, 0) is 0 Å². The second-order valence-electron chi connectivity index (χ2n) is 5.86. The lowest BCUT2D eigenvalue weighted by Crippen LogP contribution is -2.24. The summed E-state index contributed by atoms with van der Waals surface area (Å²) in [5, 5.41) is 19.2. The summed E-state index contributed by atoms with van der Waals surface area (Å²) in [6.45, 7) is 4.89. The predicted molar refractivity (Wildman–Crippen MR) is 86.4 cm³/mol. The van der Waals surface area contributed by atoms with E-state index >= 15 is 0 Å². The summed E-state index contributed by atoms with van der Waals surface area (Å²) >= 11 is 0. The fraction of sp³-hybridized carbons (Fsp3) is 0.400. The molecule has 3 aromatic rings. The molecule has 3 aromatic heterocycles. The van der Waals surface area contributed by atoms with Crippen molar-refractivity contribution in [3.05, 3.63) is 36.0 Å². The van der Waals surface area contributed by atoms with Gasteiger partial charge in [-0.3, -0.25) is 0 Å². The summed E-state index contributed by atoms with van der Waals surface area (Å²) in [7, 11) is 0. The van der Waals surface area contributed by atoms with E-state index in [1.54, 1.807) is 0 Å². The second-order valence-corrected chi connectivity index (χ2v) is 5.86. The van der Waals surface area contributed by atoms with Gasteiger partial charge in [-0.25, -0.2) is 4.98 Å². The standard InChI is InChI=1S/C15H18N8/c1-11-3-2-4-13(17-11)16-9-12-7-8-22(10-12)15-6-5-14-18-20-21-23(14)19-15/h2-6,12H,7-10H2,1H3,(H,16,17)/t12-/m0/s1. The van der Waals surface area contributed by atoms with Crippen molar-refractivity contribution in [2.75, 3.05) is 29.9 Å². The largest absolute Gasteiger partial charge is 0.370 e. The number of fused-ring (bicyclic) bond motifs is 1. The van der Waals surface area contributed by atoms with Crippen LogP contribution in [0.15, 0.2) is 30.3 Å². The molecule has 23 heavy (non-hydrogen) atoms. The highest BCUT2D eigenvalue weighted by atomic mass is 15.6. The van der Waals surface area contributed by atoms with Gasteiger partial charge in [-0.05, 0) is 54.0 Å². The lowest BCUT2D eigenvalue weighted by Gasteiger charge is -2.17. The topological polar surface area (TPSA) is 84.1 Å². The zero-order valence-corrected chi connectivity index (χ0v) is 12.9. The van der Waals surface area contributed by atoms with E-state index in [9.17, 15) is 0 Å². The third kappa shape index (κ3) is 2.92. The monoisotopic (exact) mass is 310 g/mol. The fourth-order valence-corrected chi connectivity index (χ4v) is 2.91. The van der Waals surface area contributed by atoms with Gasteiger partial charge in [0, 0.05) is 25.3 Å². The molecule has 0 bridgehead atoms. The molecule has 0 amide bonds. The van der Waals surface area contributed by atoms with Gasteiger partial charge in [0.2, 0.25) is 0 Å². The quantitative estimate of drug-likeness (QED) is 0.774. The summed E-state index contributed by atoms with van der Waals surface area (Å²) in [5.41, 5.74) is 1.69. The van der Waals surface area contributed by atoms with E-state index in [4.69, 9.17) is 0 Å². The molecule has 0 spiro atoms. The highest BCUT2D eigenvalue weighted by Crippen LogP contribution is 2.22. The van der Waals surface area contributed by atoms with Crippen LogP contribution in [0.1, 0.15) is 12.1 Å². The van der Waals surface area contributed by atoms with Crippen molar-refractivity contribution in [1.82, 2.24) is 30.2 Å². The molecular formula is C15H18N8. The maximum Gasteiger partial charge on any atom is 0.200 e. The molecule has 1 fully saturated rings. The van der Waals surface area contributed by atoms with Crippen molar-refractivity contribution in [2.45, 2.75) is 13.3 Å². The Kier molecular flexibility index (Phi) is 3.49. The van der Waals surface area contributed by atoms with Crippen LogP contribution < -0.4 is 10.2 Å². The minimum absolute atomic E-state index is 0.573. The Balaban J connectivity index is 1.38. The number of aryl methyl sites for hydroxylation is 1. The Bertz CT molecular complexity index is 814. The molecule has 8 heteroatoms. The molecule has 8 nitrogen and oxygen atoms in total. The molecule has 0 saturated carbocycles. The number of hydrogen-bond acceptors (Lipinski definition) is 7. The van der Waals surface area contributed by atoms with Crippen molar-refractivity contribution in [3.63, 3.8) is 0 Å². The van der Waals surface area contributed by atoms with E-state index < -0.39 is 0 Å². The van der Waals surface area contributed by atoms with E-state index in [0.717, 1.165) is 43.4 Å². The summed E-state index contributed by atoms with van der Waals surface area (Å²) in [4.78, 5) is 6.75. The van der Waals surface area contributed by atoms with E-state index in [2.05, 4.69) is 35.8 Å². The molecule has 1 N–H and O–H groups in total. The van der Waals surface area contributed by atoms with Gasteiger partial charge in [0.25, 0.3) is 0 Å². The summed E-state index contributed by atoms with van der Waals surface area (Å²) in [6, 6.07) is 9.90. The van der Waals surface area contributed by atoms with E-state index in [1.165, 1.54) is 4.63 Å².